The van der Waals surface area contributed by atoms with Crippen LogP contribution in [0.3, 0.4) is 0 Å². The van der Waals surface area contributed by atoms with Crippen LogP contribution in [-0.4, -0.2) is 15.5 Å². The quantitative estimate of drug-likeness (QED) is 0.616. The molecule has 2 heterocycles. The highest BCUT2D eigenvalue weighted by Gasteiger charge is 2.26. The van der Waals surface area contributed by atoms with Crippen LogP contribution in [0.5, 0.6) is 0 Å². The second kappa shape index (κ2) is 8.96. The lowest BCUT2D eigenvalue weighted by Gasteiger charge is -2.24. The Hall–Kier alpha value is -4.06. The van der Waals surface area contributed by atoms with Crippen molar-refractivity contribution in [3.63, 3.8) is 0 Å². The average Bonchev–Trinajstić information content (AvgIpc) is 3.25. The maximum Gasteiger partial charge on any atom is 0.330 e. The van der Waals surface area contributed by atoms with E-state index in [1.165, 1.54) is 23.0 Å². The average molecular weight is 407 g/mol. The molecule has 0 spiro atoms. The van der Waals surface area contributed by atoms with E-state index < -0.39 is 17.2 Å². The fourth-order valence-corrected chi connectivity index (χ4v) is 3.06. The zero-order chi connectivity index (χ0) is 21.7. The van der Waals surface area contributed by atoms with Crippen molar-refractivity contribution < 1.29 is 9.21 Å². The van der Waals surface area contributed by atoms with E-state index in [4.69, 9.17) is 15.4 Å². The van der Waals surface area contributed by atoms with E-state index in [1.807, 2.05) is 13.0 Å². The van der Waals surface area contributed by atoms with Gasteiger partial charge in [-0.2, -0.15) is 5.26 Å². The van der Waals surface area contributed by atoms with Gasteiger partial charge >= 0.3 is 5.69 Å². The van der Waals surface area contributed by atoms with Crippen molar-refractivity contribution >= 4 is 17.4 Å². The number of nitrogens with one attached hydrogen (secondary N) is 1. The van der Waals surface area contributed by atoms with Crippen LogP contribution in [0.4, 0.5) is 11.5 Å². The molecule has 0 aliphatic rings. The number of amides is 1. The van der Waals surface area contributed by atoms with Crippen LogP contribution < -0.4 is 21.9 Å². The van der Waals surface area contributed by atoms with E-state index in [0.29, 0.717) is 24.3 Å². The summed E-state index contributed by atoms with van der Waals surface area (Å²) in [4.78, 5) is 41.7. The summed E-state index contributed by atoms with van der Waals surface area (Å²) in [7, 11) is 0. The number of carbonyl (C=O) groups is 1. The zero-order valence-electron chi connectivity index (χ0n) is 16.4. The number of nitrogens with zero attached hydrogens (tertiary/aromatic N) is 3. The molecule has 0 radical (unpaired) electrons. The Balaban J connectivity index is 2.15. The maximum atomic E-state index is 13.3. The number of H-pyrrole nitrogens is 1. The van der Waals surface area contributed by atoms with Crippen molar-refractivity contribution in [1.29, 1.82) is 5.26 Å². The van der Waals surface area contributed by atoms with Crippen molar-refractivity contribution in [1.82, 2.24) is 9.55 Å². The van der Waals surface area contributed by atoms with E-state index in [1.54, 1.807) is 24.3 Å². The number of hydrogen-bond donors (Lipinski definition) is 2. The number of nitriles is 1. The van der Waals surface area contributed by atoms with Gasteiger partial charge < -0.3 is 10.2 Å². The number of carbonyl (C=O) groups excluding carboxylic acids is 1. The predicted octanol–water partition coefficient (Wildman–Crippen LogP) is 2.23. The molecule has 2 aromatic heterocycles. The number of hydrogen-bond acceptors (Lipinski definition) is 6. The number of aromatic amines is 1. The number of nitrogen functional groups attached to an aromatic ring is 1. The van der Waals surface area contributed by atoms with Crippen molar-refractivity contribution in [3.8, 4) is 6.07 Å². The maximum absolute atomic E-state index is 13.3. The van der Waals surface area contributed by atoms with Crippen molar-refractivity contribution in [2.75, 3.05) is 10.6 Å². The number of benzene rings is 1. The number of rotatable bonds is 7. The Morgan fingerprint density at radius 1 is 1.30 bits per heavy atom. The van der Waals surface area contributed by atoms with E-state index >= 15 is 0 Å². The van der Waals surface area contributed by atoms with Crippen LogP contribution in [0.15, 0.2) is 56.7 Å². The molecule has 0 saturated heterocycles. The standard InChI is InChI=1S/C21H21N5O4/c1-2-3-9-25-18(23)17(19(27)24-21(25)29)26(13-16-8-5-10-30-16)20(28)15-7-4-6-14(11-15)12-22/h4-8,10-11H,2-3,9,13,23H2,1H3,(H,24,27,29). The Kier molecular flexibility index (Phi) is 6.17. The molecule has 0 saturated carbocycles. The highest BCUT2D eigenvalue weighted by atomic mass is 16.3. The van der Waals surface area contributed by atoms with Crippen LogP contribution in [-0.2, 0) is 13.1 Å². The van der Waals surface area contributed by atoms with Crippen LogP contribution in [0, 0.1) is 11.3 Å². The third-order valence-corrected chi connectivity index (χ3v) is 4.60. The summed E-state index contributed by atoms with van der Waals surface area (Å²) < 4.78 is 6.59. The molecule has 9 heteroatoms. The molecule has 9 nitrogen and oxygen atoms in total. The molecular formula is C21H21N5O4. The van der Waals surface area contributed by atoms with Crippen LogP contribution in [0.25, 0.3) is 0 Å². The van der Waals surface area contributed by atoms with Gasteiger partial charge in [0.25, 0.3) is 11.5 Å². The van der Waals surface area contributed by atoms with Gasteiger partial charge in [-0.3, -0.25) is 24.0 Å². The monoisotopic (exact) mass is 407 g/mol. The Labute approximate surface area is 172 Å². The van der Waals surface area contributed by atoms with Crippen molar-refractivity contribution in [3.05, 3.63) is 80.4 Å². The highest BCUT2D eigenvalue weighted by Crippen LogP contribution is 2.23. The van der Waals surface area contributed by atoms with Crippen LogP contribution in [0.1, 0.15) is 41.4 Å². The highest BCUT2D eigenvalue weighted by molar-refractivity contribution is 6.07. The van der Waals surface area contributed by atoms with Gasteiger partial charge in [-0.15, -0.1) is 0 Å². The first-order valence-electron chi connectivity index (χ1n) is 9.43. The predicted molar refractivity (Wildman–Crippen MR) is 111 cm³/mol. The van der Waals surface area contributed by atoms with Gasteiger partial charge in [-0.1, -0.05) is 19.4 Å². The largest absolute Gasteiger partial charge is 0.467 e. The van der Waals surface area contributed by atoms with E-state index in [-0.39, 0.29) is 23.6 Å². The van der Waals surface area contributed by atoms with Gasteiger partial charge in [0, 0.05) is 12.1 Å². The summed E-state index contributed by atoms with van der Waals surface area (Å²) in [5.41, 5.74) is 5.14. The molecule has 1 amide bonds. The number of anilines is 2. The Morgan fingerprint density at radius 3 is 2.77 bits per heavy atom. The van der Waals surface area contributed by atoms with Gasteiger partial charge in [0.15, 0.2) is 5.69 Å². The Bertz CT molecular complexity index is 1200. The number of aromatic nitrogens is 2. The fraction of sp³-hybridized carbons (Fsp3) is 0.238. The van der Waals surface area contributed by atoms with Crippen molar-refractivity contribution in [2.45, 2.75) is 32.9 Å². The molecule has 0 atom stereocenters. The summed E-state index contributed by atoms with van der Waals surface area (Å²) in [6.07, 6.45) is 2.94. The normalized spacial score (nSPS) is 10.5. The van der Waals surface area contributed by atoms with Gasteiger partial charge in [-0.05, 0) is 36.8 Å². The number of furan rings is 1. The summed E-state index contributed by atoms with van der Waals surface area (Å²) in [6, 6.07) is 11.4. The summed E-state index contributed by atoms with van der Waals surface area (Å²) >= 11 is 0. The van der Waals surface area contributed by atoms with Gasteiger partial charge in [0.1, 0.15) is 11.6 Å². The van der Waals surface area contributed by atoms with Gasteiger partial charge in [0.05, 0.1) is 24.4 Å². The lowest BCUT2D eigenvalue weighted by Crippen LogP contribution is -2.41. The third kappa shape index (κ3) is 4.17. The molecule has 1 aromatic carbocycles. The molecule has 0 bridgehead atoms. The second-order valence-corrected chi connectivity index (χ2v) is 6.66. The van der Waals surface area contributed by atoms with Crippen molar-refractivity contribution in [2.24, 2.45) is 0 Å². The Morgan fingerprint density at radius 2 is 2.10 bits per heavy atom. The number of unbranched alkanes of at least 4 members (excludes halogenated alkanes) is 1. The lowest BCUT2D eigenvalue weighted by molar-refractivity contribution is 0.0983. The smallest absolute Gasteiger partial charge is 0.330 e. The zero-order valence-corrected chi connectivity index (χ0v) is 16.4. The first-order chi connectivity index (χ1) is 14.5. The molecule has 0 aliphatic heterocycles. The molecule has 3 aromatic rings. The van der Waals surface area contributed by atoms with Gasteiger partial charge in [0.2, 0.25) is 0 Å². The van der Waals surface area contributed by atoms with Gasteiger partial charge in [-0.25, -0.2) is 4.79 Å². The lowest BCUT2D eigenvalue weighted by atomic mass is 10.1. The first-order valence-corrected chi connectivity index (χ1v) is 9.43. The minimum absolute atomic E-state index is 0.0815. The molecule has 0 fully saturated rings. The summed E-state index contributed by atoms with van der Waals surface area (Å²) in [6.45, 7) is 2.18. The summed E-state index contributed by atoms with van der Waals surface area (Å²) in [5.74, 6) is -0.236. The van der Waals surface area contributed by atoms with Crippen LogP contribution in [0.2, 0.25) is 0 Å². The summed E-state index contributed by atoms with van der Waals surface area (Å²) in [5, 5.41) is 9.14. The minimum atomic E-state index is -0.776. The molecule has 0 unspecified atom stereocenters. The fourth-order valence-electron chi connectivity index (χ4n) is 3.06. The number of nitrogens with two attached hydrogens (primary N) is 1. The molecule has 30 heavy (non-hydrogen) atoms. The molecule has 3 rings (SSSR count). The van der Waals surface area contributed by atoms with E-state index in [0.717, 1.165) is 11.3 Å². The molecule has 154 valence electrons. The SMILES string of the molecule is CCCCn1c(N)c(N(Cc2ccco2)C(=O)c2cccc(C#N)c2)c(=O)[nH]c1=O. The second-order valence-electron chi connectivity index (χ2n) is 6.66. The van der Waals surface area contributed by atoms with E-state index in [2.05, 4.69) is 4.98 Å². The third-order valence-electron chi connectivity index (χ3n) is 4.60. The molecule has 3 N–H and O–H groups in total. The molecule has 0 aliphatic carbocycles. The molecular weight excluding hydrogens is 386 g/mol. The van der Waals surface area contributed by atoms with Crippen LogP contribution >= 0.6 is 0 Å². The van der Waals surface area contributed by atoms with E-state index in [9.17, 15) is 14.4 Å². The topological polar surface area (TPSA) is 138 Å². The first kappa shape index (κ1) is 20.7. The minimum Gasteiger partial charge on any atom is -0.467 e.